The summed E-state index contributed by atoms with van der Waals surface area (Å²) in [5.41, 5.74) is 1.91. The molecule has 0 saturated carbocycles. The second-order valence-corrected chi connectivity index (χ2v) is 7.54. The fourth-order valence-corrected chi connectivity index (χ4v) is 3.73. The standard InChI is InChI=1S/C25H31N3O5/c1-31-21-17-19(18-22(32-2)25(21)33-3)9-10-23(29)26-12-11-24(30)28-15-13-27(14-16-28)20-7-5-4-6-8-20/h4-10,17-18H,11-16H2,1-3H3,(H,26,29)/b10-9+. The van der Waals surface area contributed by atoms with Crippen molar-refractivity contribution in [2.24, 2.45) is 0 Å². The lowest BCUT2D eigenvalue weighted by Crippen LogP contribution is -2.49. The molecule has 0 aromatic heterocycles. The van der Waals surface area contributed by atoms with Gasteiger partial charge in [-0.3, -0.25) is 9.59 Å². The number of carbonyl (C=O) groups excluding carboxylic acids is 2. The predicted octanol–water partition coefficient (Wildman–Crippen LogP) is 2.58. The zero-order chi connectivity index (χ0) is 23.6. The lowest BCUT2D eigenvalue weighted by atomic mass is 10.1. The van der Waals surface area contributed by atoms with Gasteiger partial charge in [0.15, 0.2) is 11.5 Å². The minimum Gasteiger partial charge on any atom is -0.493 e. The maximum Gasteiger partial charge on any atom is 0.244 e. The van der Waals surface area contributed by atoms with Gasteiger partial charge in [-0.1, -0.05) is 18.2 Å². The van der Waals surface area contributed by atoms with Gasteiger partial charge in [-0.25, -0.2) is 0 Å². The van der Waals surface area contributed by atoms with Crippen LogP contribution < -0.4 is 24.4 Å². The second-order valence-electron chi connectivity index (χ2n) is 7.54. The predicted molar refractivity (Wildman–Crippen MR) is 128 cm³/mol. The van der Waals surface area contributed by atoms with E-state index in [0.29, 0.717) is 30.3 Å². The number of piperazine rings is 1. The number of nitrogens with one attached hydrogen (secondary N) is 1. The largest absolute Gasteiger partial charge is 0.493 e. The summed E-state index contributed by atoms with van der Waals surface area (Å²) in [5.74, 6) is 1.29. The van der Waals surface area contributed by atoms with Crippen molar-refractivity contribution in [3.63, 3.8) is 0 Å². The van der Waals surface area contributed by atoms with Crippen molar-refractivity contribution in [2.45, 2.75) is 6.42 Å². The summed E-state index contributed by atoms with van der Waals surface area (Å²) in [5, 5.41) is 2.77. The number of carbonyl (C=O) groups is 2. The molecule has 8 nitrogen and oxygen atoms in total. The molecule has 1 aliphatic heterocycles. The molecule has 1 N–H and O–H groups in total. The van der Waals surface area contributed by atoms with Crippen molar-refractivity contribution in [3.05, 3.63) is 54.1 Å². The molecule has 176 valence electrons. The van der Waals surface area contributed by atoms with Crippen LogP contribution in [0, 0.1) is 0 Å². The lowest BCUT2D eigenvalue weighted by molar-refractivity contribution is -0.131. The third kappa shape index (κ3) is 6.41. The summed E-state index contributed by atoms with van der Waals surface area (Å²) in [6.07, 6.45) is 3.35. The minimum absolute atomic E-state index is 0.0524. The smallest absolute Gasteiger partial charge is 0.244 e. The normalized spacial score (nSPS) is 13.7. The molecule has 0 unspecified atom stereocenters. The molecule has 33 heavy (non-hydrogen) atoms. The lowest BCUT2D eigenvalue weighted by Gasteiger charge is -2.36. The van der Waals surface area contributed by atoms with Gasteiger partial charge in [0.1, 0.15) is 0 Å². The average Bonchev–Trinajstić information content (AvgIpc) is 2.87. The van der Waals surface area contributed by atoms with Crippen LogP contribution in [0.25, 0.3) is 6.08 Å². The summed E-state index contributed by atoms with van der Waals surface area (Å²) >= 11 is 0. The van der Waals surface area contributed by atoms with Gasteiger partial charge in [-0.05, 0) is 35.9 Å². The van der Waals surface area contributed by atoms with E-state index in [1.54, 1.807) is 18.2 Å². The van der Waals surface area contributed by atoms with E-state index in [-0.39, 0.29) is 24.8 Å². The molecule has 2 amide bonds. The van der Waals surface area contributed by atoms with E-state index in [1.807, 2.05) is 23.1 Å². The van der Waals surface area contributed by atoms with E-state index in [0.717, 1.165) is 18.7 Å². The summed E-state index contributed by atoms with van der Waals surface area (Å²) in [4.78, 5) is 28.8. The van der Waals surface area contributed by atoms with Crippen molar-refractivity contribution >= 4 is 23.6 Å². The van der Waals surface area contributed by atoms with Crippen LogP contribution >= 0.6 is 0 Å². The van der Waals surface area contributed by atoms with Crippen molar-refractivity contribution in [1.82, 2.24) is 10.2 Å². The molecular weight excluding hydrogens is 422 g/mol. The highest BCUT2D eigenvalue weighted by Gasteiger charge is 2.21. The Morgan fingerprint density at radius 2 is 1.58 bits per heavy atom. The van der Waals surface area contributed by atoms with Crippen LogP contribution in [0.1, 0.15) is 12.0 Å². The summed E-state index contributed by atoms with van der Waals surface area (Å²) in [6.45, 7) is 3.26. The SMILES string of the molecule is COc1cc(/C=C/C(=O)NCCC(=O)N2CCN(c3ccccc3)CC2)cc(OC)c1OC. The van der Waals surface area contributed by atoms with E-state index in [4.69, 9.17) is 14.2 Å². The number of hydrogen-bond acceptors (Lipinski definition) is 6. The molecule has 0 bridgehead atoms. The second kappa shape index (κ2) is 11.8. The van der Waals surface area contributed by atoms with Crippen molar-refractivity contribution in [1.29, 1.82) is 0 Å². The molecule has 0 radical (unpaired) electrons. The molecule has 1 heterocycles. The minimum atomic E-state index is -0.273. The highest BCUT2D eigenvalue weighted by molar-refractivity contribution is 5.92. The number of benzene rings is 2. The zero-order valence-electron chi connectivity index (χ0n) is 19.4. The number of ether oxygens (including phenoxy) is 3. The number of amides is 2. The number of hydrogen-bond donors (Lipinski definition) is 1. The Morgan fingerprint density at radius 3 is 2.15 bits per heavy atom. The van der Waals surface area contributed by atoms with Crippen LogP contribution in [0.4, 0.5) is 5.69 Å². The summed E-state index contributed by atoms with van der Waals surface area (Å²) < 4.78 is 15.9. The van der Waals surface area contributed by atoms with E-state index >= 15 is 0 Å². The van der Waals surface area contributed by atoms with Gasteiger partial charge in [-0.15, -0.1) is 0 Å². The Bertz CT molecular complexity index is 944. The molecule has 2 aromatic carbocycles. The first-order chi connectivity index (χ1) is 16.0. The van der Waals surface area contributed by atoms with Gasteiger partial charge in [-0.2, -0.15) is 0 Å². The van der Waals surface area contributed by atoms with Gasteiger partial charge >= 0.3 is 0 Å². The van der Waals surface area contributed by atoms with Gasteiger partial charge in [0, 0.05) is 50.9 Å². The Hall–Kier alpha value is -3.68. The van der Waals surface area contributed by atoms with Crippen LogP contribution in [0.15, 0.2) is 48.5 Å². The fourth-order valence-electron chi connectivity index (χ4n) is 3.73. The monoisotopic (exact) mass is 453 g/mol. The molecule has 1 saturated heterocycles. The van der Waals surface area contributed by atoms with Crippen LogP contribution in [-0.4, -0.2) is 70.8 Å². The molecule has 1 aliphatic rings. The third-order valence-electron chi connectivity index (χ3n) is 5.51. The summed E-state index contributed by atoms with van der Waals surface area (Å²) in [7, 11) is 4.61. The number of anilines is 1. The van der Waals surface area contributed by atoms with E-state index in [1.165, 1.54) is 33.1 Å². The molecule has 2 aromatic rings. The number of methoxy groups -OCH3 is 3. The first kappa shape index (κ1) is 24.0. The first-order valence-electron chi connectivity index (χ1n) is 10.9. The molecule has 0 spiro atoms. The van der Waals surface area contributed by atoms with Crippen LogP contribution in [-0.2, 0) is 9.59 Å². The number of para-hydroxylation sites is 1. The van der Waals surface area contributed by atoms with Crippen LogP contribution in [0.5, 0.6) is 17.2 Å². The van der Waals surface area contributed by atoms with Crippen LogP contribution in [0.2, 0.25) is 0 Å². The Balaban J connectivity index is 1.44. The van der Waals surface area contributed by atoms with Crippen molar-refractivity contribution in [2.75, 3.05) is 59.0 Å². The van der Waals surface area contributed by atoms with Gasteiger partial charge in [0.05, 0.1) is 21.3 Å². The fraction of sp³-hybridized carbons (Fsp3) is 0.360. The molecular formula is C25H31N3O5. The third-order valence-corrected chi connectivity index (χ3v) is 5.51. The topological polar surface area (TPSA) is 80.3 Å². The summed E-state index contributed by atoms with van der Waals surface area (Å²) in [6, 6.07) is 13.7. The average molecular weight is 454 g/mol. The highest BCUT2D eigenvalue weighted by atomic mass is 16.5. The molecule has 0 aliphatic carbocycles. The quantitative estimate of drug-likeness (QED) is 0.588. The van der Waals surface area contributed by atoms with Gasteiger partial charge in [0.25, 0.3) is 0 Å². The van der Waals surface area contributed by atoms with Gasteiger partial charge < -0.3 is 29.3 Å². The molecule has 0 atom stereocenters. The van der Waals surface area contributed by atoms with E-state index in [9.17, 15) is 9.59 Å². The maximum atomic E-state index is 12.5. The van der Waals surface area contributed by atoms with E-state index < -0.39 is 0 Å². The molecule has 3 rings (SSSR count). The molecule has 1 fully saturated rings. The van der Waals surface area contributed by atoms with Crippen molar-refractivity contribution in [3.8, 4) is 17.2 Å². The van der Waals surface area contributed by atoms with Gasteiger partial charge in [0.2, 0.25) is 17.6 Å². The highest BCUT2D eigenvalue weighted by Crippen LogP contribution is 2.38. The van der Waals surface area contributed by atoms with Crippen LogP contribution in [0.3, 0.4) is 0 Å². The number of nitrogens with zero attached hydrogens (tertiary/aromatic N) is 2. The Kier molecular flexibility index (Phi) is 8.57. The first-order valence-corrected chi connectivity index (χ1v) is 10.9. The molecule has 8 heteroatoms. The Labute approximate surface area is 194 Å². The number of rotatable bonds is 9. The maximum absolute atomic E-state index is 12.5. The van der Waals surface area contributed by atoms with E-state index in [2.05, 4.69) is 22.3 Å². The van der Waals surface area contributed by atoms with Crippen molar-refractivity contribution < 1.29 is 23.8 Å². The Morgan fingerprint density at radius 1 is 0.939 bits per heavy atom. The zero-order valence-corrected chi connectivity index (χ0v) is 19.4.